The molecule has 1 aromatic heterocycles. The van der Waals surface area contributed by atoms with Gasteiger partial charge in [-0.2, -0.15) is 0 Å². The number of hydrogen-bond donors (Lipinski definition) is 3. The Hall–Kier alpha value is -3.00. The fraction of sp³-hybridized carbons (Fsp3) is 0.414. The zero-order valence-corrected chi connectivity index (χ0v) is 20.4. The molecule has 2 saturated heterocycles. The van der Waals surface area contributed by atoms with Gasteiger partial charge >= 0.3 is 0 Å². The first-order valence-electron chi connectivity index (χ1n) is 12.8. The second kappa shape index (κ2) is 10.5. The Morgan fingerprint density at radius 1 is 1.11 bits per heavy atom. The van der Waals surface area contributed by atoms with Crippen molar-refractivity contribution in [1.82, 2.24) is 14.8 Å². The van der Waals surface area contributed by atoms with Crippen LogP contribution in [0.1, 0.15) is 47.5 Å². The van der Waals surface area contributed by atoms with Crippen molar-refractivity contribution in [2.45, 2.75) is 43.3 Å². The van der Waals surface area contributed by atoms with Gasteiger partial charge in [0.2, 0.25) is 0 Å². The molecular formula is C29H34FN3O3. The summed E-state index contributed by atoms with van der Waals surface area (Å²) in [5.41, 5.74) is 1.72. The standard InChI is InChI=1S/C29H34FN3O3/c30-23-5-3-4-22(18-23)27(34)10-15-32-16-11-29(36,12-17-32)28(35)20-33-13-8-21(9-14-33)25-19-31-26-7-2-1-6-24(25)26/h1-7,10,15,18-19,21,28,31,35-36H,8-9,11-14,16-17,20H2. The van der Waals surface area contributed by atoms with Crippen LogP contribution in [0.2, 0.25) is 0 Å². The number of nitrogens with zero attached hydrogens (tertiary/aromatic N) is 2. The lowest BCUT2D eigenvalue weighted by molar-refractivity contribution is -0.114. The molecule has 3 aromatic rings. The van der Waals surface area contributed by atoms with Gasteiger partial charge in [0.15, 0.2) is 5.78 Å². The third-order valence-corrected chi connectivity index (χ3v) is 7.91. The largest absolute Gasteiger partial charge is 0.389 e. The summed E-state index contributed by atoms with van der Waals surface area (Å²) < 4.78 is 13.3. The lowest BCUT2D eigenvalue weighted by atomic mass is 9.84. The number of aliphatic hydroxyl groups is 2. The predicted octanol–water partition coefficient (Wildman–Crippen LogP) is 4.07. The molecule has 2 aliphatic rings. The second-order valence-electron chi connectivity index (χ2n) is 10.2. The van der Waals surface area contributed by atoms with Gasteiger partial charge in [0.1, 0.15) is 5.82 Å². The molecule has 0 aliphatic carbocycles. The number of benzene rings is 2. The highest BCUT2D eigenvalue weighted by Crippen LogP contribution is 2.34. The molecule has 3 N–H and O–H groups in total. The SMILES string of the molecule is O=C(C=CN1CCC(O)(C(O)CN2CCC(c3c[nH]c4ccccc34)CC2)CC1)c1cccc(F)c1. The van der Waals surface area contributed by atoms with Crippen molar-refractivity contribution in [3.8, 4) is 0 Å². The van der Waals surface area contributed by atoms with Crippen LogP contribution in [0.25, 0.3) is 10.9 Å². The number of aromatic nitrogens is 1. The highest BCUT2D eigenvalue weighted by atomic mass is 19.1. The van der Waals surface area contributed by atoms with E-state index >= 15 is 0 Å². The molecule has 7 heteroatoms. The van der Waals surface area contributed by atoms with E-state index in [0.29, 0.717) is 44.0 Å². The van der Waals surface area contributed by atoms with Crippen molar-refractivity contribution in [1.29, 1.82) is 0 Å². The van der Waals surface area contributed by atoms with Crippen molar-refractivity contribution in [2.24, 2.45) is 0 Å². The van der Waals surface area contributed by atoms with Crippen LogP contribution in [0, 0.1) is 5.82 Å². The van der Waals surface area contributed by atoms with E-state index < -0.39 is 17.5 Å². The number of hydrogen-bond acceptors (Lipinski definition) is 5. The Morgan fingerprint density at radius 3 is 2.61 bits per heavy atom. The normalized spacial score (nSPS) is 20.2. The van der Waals surface area contributed by atoms with E-state index in [-0.39, 0.29) is 5.78 Å². The molecular weight excluding hydrogens is 457 g/mol. The van der Waals surface area contributed by atoms with E-state index in [1.807, 2.05) is 11.0 Å². The molecule has 36 heavy (non-hydrogen) atoms. The van der Waals surface area contributed by atoms with Gasteiger partial charge in [0.05, 0.1) is 11.7 Å². The monoisotopic (exact) mass is 491 g/mol. The molecule has 0 bridgehead atoms. The number of piperidine rings is 2. The molecule has 0 amide bonds. The minimum absolute atomic E-state index is 0.258. The minimum Gasteiger partial charge on any atom is -0.389 e. The van der Waals surface area contributed by atoms with Crippen LogP contribution < -0.4 is 0 Å². The van der Waals surface area contributed by atoms with Gasteiger partial charge in [-0.3, -0.25) is 4.79 Å². The van der Waals surface area contributed by atoms with Crippen LogP contribution >= 0.6 is 0 Å². The maximum atomic E-state index is 13.3. The van der Waals surface area contributed by atoms with Gasteiger partial charge in [-0.15, -0.1) is 0 Å². The molecule has 1 atom stereocenters. The Balaban J connectivity index is 1.09. The molecule has 0 spiro atoms. The maximum Gasteiger partial charge on any atom is 0.187 e. The van der Waals surface area contributed by atoms with Crippen LogP contribution in [-0.2, 0) is 0 Å². The summed E-state index contributed by atoms with van der Waals surface area (Å²) in [5.74, 6) is -0.192. The number of fused-ring (bicyclic) bond motifs is 1. The van der Waals surface area contributed by atoms with Crippen LogP contribution in [-0.4, -0.2) is 75.2 Å². The van der Waals surface area contributed by atoms with E-state index in [4.69, 9.17) is 0 Å². The minimum atomic E-state index is -1.13. The van der Waals surface area contributed by atoms with Crippen molar-refractivity contribution < 1.29 is 19.4 Å². The van der Waals surface area contributed by atoms with E-state index in [1.54, 1.807) is 12.3 Å². The van der Waals surface area contributed by atoms with Gasteiger partial charge in [-0.1, -0.05) is 30.3 Å². The number of β-amino-alcohol motifs (C(OH)–C–C–N with tert-alkyl or cyclic N) is 1. The van der Waals surface area contributed by atoms with E-state index in [9.17, 15) is 19.4 Å². The fourth-order valence-corrected chi connectivity index (χ4v) is 5.58. The first kappa shape index (κ1) is 24.7. The third-order valence-electron chi connectivity index (χ3n) is 7.91. The number of halogens is 1. The number of carbonyl (C=O) groups excluding carboxylic acids is 1. The highest BCUT2D eigenvalue weighted by molar-refractivity contribution is 6.04. The Morgan fingerprint density at radius 2 is 1.86 bits per heavy atom. The number of ketones is 1. The topological polar surface area (TPSA) is 79.8 Å². The van der Waals surface area contributed by atoms with Gasteiger partial charge < -0.3 is 25.0 Å². The van der Waals surface area contributed by atoms with Gasteiger partial charge in [-0.25, -0.2) is 4.39 Å². The van der Waals surface area contributed by atoms with Crippen molar-refractivity contribution >= 4 is 16.7 Å². The third kappa shape index (κ3) is 5.38. The zero-order chi connectivity index (χ0) is 25.1. The van der Waals surface area contributed by atoms with Gasteiger partial charge in [0, 0.05) is 54.6 Å². The highest BCUT2D eigenvalue weighted by Gasteiger charge is 2.39. The Labute approximate surface area is 211 Å². The molecule has 2 fully saturated rings. The smallest absolute Gasteiger partial charge is 0.187 e. The molecule has 1 unspecified atom stereocenters. The maximum absolute atomic E-state index is 13.3. The number of H-pyrrole nitrogens is 1. The summed E-state index contributed by atoms with van der Waals surface area (Å²) in [6, 6.07) is 14.0. The number of nitrogens with one attached hydrogen (secondary N) is 1. The number of aliphatic hydroxyl groups excluding tert-OH is 1. The molecule has 6 nitrogen and oxygen atoms in total. The molecule has 5 rings (SSSR count). The van der Waals surface area contributed by atoms with Crippen molar-refractivity contribution in [3.05, 3.63) is 83.9 Å². The Bertz CT molecular complexity index is 1220. The summed E-state index contributed by atoms with van der Waals surface area (Å²) in [6.45, 7) is 3.35. The summed E-state index contributed by atoms with van der Waals surface area (Å²) in [4.78, 5) is 19.9. The van der Waals surface area contributed by atoms with E-state index in [2.05, 4.69) is 34.3 Å². The van der Waals surface area contributed by atoms with Crippen molar-refractivity contribution in [3.63, 3.8) is 0 Å². The van der Waals surface area contributed by atoms with Crippen LogP contribution in [0.3, 0.4) is 0 Å². The predicted molar refractivity (Wildman–Crippen MR) is 138 cm³/mol. The summed E-state index contributed by atoms with van der Waals surface area (Å²) in [5, 5.41) is 23.4. The first-order valence-corrected chi connectivity index (χ1v) is 12.8. The molecule has 2 aromatic carbocycles. The molecule has 3 heterocycles. The average molecular weight is 492 g/mol. The Kier molecular flexibility index (Phi) is 7.23. The number of carbonyl (C=O) groups is 1. The molecule has 2 aliphatic heterocycles. The molecule has 0 radical (unpaired) electrons. The number of rotatable bonds is 7. The fourth-order valence-electron chi connectivity index (χ4n) is 5.58. The van der Waals surface area contributed by atoms with Crippen LogP contribution in [0.5, 0.6) is 0 Å². The summed E-state index contributed by atoms with van der Waals surface area (Å²) in [6.07, 6.45) is 7.38. The van der Waals surface area contributed by atoms with Gasteiger partial charge in [-0.05, 0) is 68.5 Å². The number of aromatic amines is 1. The van der Waals surface area contributed by atoms with E-state index in [1.165, 1.54) is 40.7 Å². The quantitative estimate of drug-likeness (QED) is 0.343. The van der Waals surface area contributed by atoms with E-state index in [0.717, 1.165) is 25.9 Å². The lowest BCUT2D eigenvalue weighted by Crippen LogP contribution is -2.54. The zero-order valence-electron chi connectivity index (χ0n) is 20.4. The molecule has 190 valence electrons. The summed E-state index contributed by atoms with van der Waals surface area (Å²) >= 11 is 0. The number of para-hydroxylation sites is 1. The second-order valence-corrected chi connectivity index (χ2v) is 10.2. The number of allylic oxidation sites excluding steroid dienone is 1. The summed E-state index contributed by atoms with van der Waals surface area (Å²) in [7, 11) is 0. The van der Waals surface area contributed by atoms with Crippen LogP contribution in [0.4, 0.5) is 4.39 Å². The lowest BCUT2D eigenvalue weighted by Gasteiger charge is -2.43. The van der Waals surface area contributed by atoms with Crippen molar-refractivity contribution in [2.75, 3.05) is 32.7 Å². The van der Waals surface area contributed by atoms with Gasteiger partial charge in [0.25, 0.3) is 0 Å². The average Bonchev–Trinajstić information content (AvgIpc) is 3.33. The molecule has 0 saturated carbocycles. The van der Waals surface area contributed by atoms with Crippen LogP contribution in [0.15, 0.2) is 67.0 Å². The number of likely N-dealkylation sites (tertiary alicyclic amines) is 2. The first-order chi connectivity index (χ1) is 17.4.